The summed E-state index contributed by atoms with van der Waals surface area (Å²) in [7, 11) is 0. The van der Waals surface area contributed by atoms with Gasteiger partial charge in [0.05, 0.1) is 0 Å². The van der Waals surface area contributed by atoms with Gasteiger partial charge in [0.1, 0.15) is 16.7 Å². The van der Waals surface area contributed by atoms with Crippen LogP contribution in [-0.2, 0) is 0 Å². The highest BCUT2D eigenvalue weighted by Gasteiger charge is 2.06. The lowest BCUT2D eigenvalue weighted by molar-refractivity contribution is 0.962. The predicted octanol–water partition coefficient (Wildman–Crippen LogP) is 1.54. The molecule has 0 aromatic carbocycles. The van der Waals surface area contributed by atoms with Gasteiger partial charge >= 0.3 is 0 Å². The molecule has 2 aromatic heterocycles. The van der Waals surface area contributed by atoms with E-state index in [4.69, 9.17) is 23.1 Å². The average molecular weight is 269 g/mol. The predicted molar refractivity (Wildman–Crippen MR) is 66.8 cm³/mol. The molecule has 0 saturated carbocycles. The van der Waals surface area contributed by atoms with Crippen LogP contribution in [0.5, 0.6) is 0 Å². The fourth-order valence-corrected chi connectivity index (χ4v) is 2.28. The fraction of sp³-hybridized carbons (Fsp3) is 0.111. The largest absolute Gasteiger partial charge is 0.383 e. The van der Waals surface area contributed by atoms with E-state index in [1.54, 1.807) is 6.07 Å². The van der Waals surface area contributed by atoms with E-state index in [0.717, 1.165) is 5.69 Å². The molecule has 4 N–H and O–H groups in total. The zero-order valence-electron chi connectivity index (χ0n) is 8.88. The third kappa shape index (κ3) is 3.18. The first kappa shape index (κ1) is 11.9. The van der Waals surface area contributed by atoms with Crippen LogP contribution >= 0.6 is 23.4 Å². The molecule has 17 heavy (non-hydrogen) atoms. The smallest absolute Gasteiger partial charge is 0.223 e. The van der Waals surface area contributed by atoms with Crippen molar-refractivity contribution >= 4 is 35.0 Å². The molecular weight excluding hydrogens is 260 g/mol. The Kier molecular flexibility index (Phi) is 3.30. The Morgan fingerprint density at radius 3 is 2.29 bits per heavy atom. The van der Waals surface area contributed by atoms with E-state index in [1.165, 1.54) is 17.8 Å². The molecule has 0 amide bonds. The van der Waals surface area contributed by atoms with Crippen molar-refractivity contribution in [1.82, 2.24) is 19.9 Å². The monoisotopic (exact) mass is 268 g/mol. The molecule has 0 atom stereocenters. The molecule has 0 saturated heterocycles. The van der Waals surface area contributed by atoms with Gasteiger partial charge in [0, 0.05) is 11.8 Å². The molecule has 0 bridgehead atoms. The van der Waals surface area contributed by atoms with Crippen molar-refractivity contribution in [3.05, 3.63) is 23.1 Å². The minimum Gasteiger partial charge on any atom is -0.383 e. The fourth-order valence-electron chi connectivity index (χ4n) is 1.16. The summed E-state index contributed by atoms with van der Waals surface area (Å²) >= 11 is 6.98. The van der Waals surface area contributed by atoms with Gasteiger partial charge in [-0.2, -0.15) is 0 Å². The maximum Gasteiger partial charge on any atom is 0.223 e. The normalized spacial score (nSPS) is 10.5. The van der Waals surface area contributed by atoms with Crippen molar-refractivity contribution in [2.24, 2.45) is 0 Å². The summed E-state index contributed by atoms with van der Waals surface area (Å²) in [6.45, 7) is 1.83. The number of halogens is 1. The van der Waals surface area contributed by atoms with Crippen LogP contribution in [0.4, 0.5) is 11.6 Å². The Hall–Kier alpha value is -1.60. The molecule has 8 heteroatoms. The van der Waals surface area contributed by atoms with Crippen LogP contribution in [0.25, 0.3) is 0 Å². The number of nitrogen functional groups attached to an aromatic ring is 2. The minimum absolute atomic E-state index is 0.185. The molecule has 0 aliphatic carbocycles. The maximum atomic E-state index is 5.75. The number of aryl methyl sites for hydroxylation is 1. The van der Waals surface area contributed by atoms with Crippen LogP contribution < -0.4 is 11.5 Å². The standard InChI is InChI=1S/C9H9ClN6S/c1-4-2-7(16-8(10)13-4)17-9-14-5(11)3-6(12)15-9/h2-3H,1H3,(H4,11,12,14,15). The quantitative estimate of drug-likeness (QED) is 0.629. The van der Waals surface area contributed by atoms with Gasteiger partial charge in [-0.15, -0.1) is 0 Å². The molecule has 0 fully saturated rings. The minimum atomic E-state index is 0.185. The lowest BCUT2D eigenvalue weighted by Gasteiger charge is -2.03. The summed E-state index contributed by atoms with van der Waals surface area (Å²) in [5.41, 5.74) is 11.9. The van der Waals surface area contributed by atoms with Crippen LogP contribution in [0.15, 0.2) is 22.3 Å². The third-order valence-corrected chi connectivity index (χ3v) is 2.70. The Balaban J connectivity index is 2.31. The zero-order chi connectivity index (χ0) is 12.4. The van der Waals surface area contributed by atoms with Gasteiger partial charge in [-0.25, -0.2) is 19.9 Å². The molecule has 88 valence electrons. The first-order chi connectivity index (χ1) is 8.02. The van der Waals surface area contributed by atoms with Gasteiger partial charge in [-0.05, 0) is 36.4 Å². The van der Waals surface area contributed by atoms with Gasteiger partial charge in [-0.3, -0.25) is 0 Å². The Morgan fingerprint density at radius 1 is 1.06 bits per heavy atom. The number of hydrogen-bond donors (Lipinski definition) is 2. The van der Waals surface area contributed by atoms with Crippen molar-refractivity contribution in [3.8, 4) is 0 Å². The molecule has 2 rings (SSSR count). The molecule has 2 aromatic rings. The van der Waals surface area contributed by atoms with Crippen LogP contribution in [0.1, 0.15) is 5.69 Å². The van der Waals surface area contributed by atoms with E-state index in [9.17, 15) is 0 Å². The van der Waals surface area contributed by atoms with Gasteiger partial charge < -0.3 is 11.5 Å². The van der Waals surface area contributed by atoms with Crippen molar-refractivity contribution in [2.45, 2.75) is 17.1 Å². The number of hydrogen-bond acceptors (Lipinski definition) is 7. The second-order valence-corrected chi connectivity index (χ2v) is 4.54. The van der Waals surface area contributed by atoms with Crippen molar-refractivity contribution in [2.75, 3.05) is 11.5 Å². The van der Waals surface area contributed by atoms with E-state index < -0.39 is 0 Å². The first-order valence-corrected chi connectivity index (χ1v) is 5.81. The molecule has 0 aliphatic rings. The Morgan fingerprint density at radius 2 is 1.71 bits per heavy atom. The third-order valence-electron chi connectivity index (χ3n) is 1.74. The molecule has 0 unspecified atom stereocenters. The Bertz CT molecular complexity index is 471. The van der Waals surface area contributed by atoms with E-state index in [1.807, 2.05) is 6.92 Å². The summed E-state index contributed by atoms with van der Waals surface area (Å²) in [6.07, 6.45) is 0. The van der Waals surface area contributed by atoms with E-state index in [-0.39, 0.29) is 5.28 Å². The van der Waals surface area contributed by atoms with Crippen LogP contribution in [0.2, 0.25) is 5.28 Å². The van der Waals surface area contributed by atoms with Crippen molar-refractivity contribution < 1.29 is 0 Å². The molecule has 0 aliphatic heterocycles. The van der Waals surface area contributed by atoms with Gasteiger partial charge in [0.15, 0.2) is 5.16 Å². The first-order valence-electron chi connectivity index (χ1n) is 4.62. The van der Waals surface area contributed by atoms with Crippen LogP contribution in [0.3, 0.4) is 0 Å². The van der Waals surface area contributed by atoms with Crippen molar-refractivity contribution in [3.63, 3.8) is 0 Å². The van der Waals surface area contributed by atoms with Crippen molar-refractivity contribution in [1.29, 1.82) is 0 Å². The average Bonchev–Trinajstić information content (AvgIpc) is 2.13. The summed E-state index contributed by atoms with van der Waals surface area (Å²) in [6, 6.07) is 3.27. The number of anilines is 2. The van der Waals surface area contributed by atoms with E-state index in [0.29, 0.717) is 21.8 Å². The van der Waals surface area contributed by atoms with Gasteiger partial charge in [-0.1, -0.05) is 0 Å². The second-order valence-electron chi connectivity index (χ2n) is 3.22. The highest BCUT2D eigenvalue weighted by atomic mass is 35.5. The summed E-state index contributed by atoms with van der Waals surface area (Å²) in [5, 5.41) is 1.26. The molecular formula is C9H9ClN6S. The van der Waals surface area contributed by atoms with Crippen LogP contribution in [-0.4, -0.2) is 19.9 Å². The highest BCUT2D eigenvalue weighted by Crippen LogP contribution is 2.25. The lowest BCUT2D eigenvalue weighted by atomic mass is 10.5. The Labute approximate surface area is 107 Å². The van der Waals surface area contributed by atoms with Gasteiger partial charge in [0.25, 0.3) is 0 Å². The highest BCUT2D eigenvalue weighted by molar-refractivity contribution is 7.99. The van der Waals surface area contributed by atoms with E-state index >= 15 is 0 Å². The summed E-state index contributed by atoms with van der Waals surface area (Å²) < 4.78 is 0. The molecule has 0 radical (unpaired) electrons. The topological polar surface area (TPSA) is 104 Å². The number of rotatable bonds is 2. The number of nitrogens with two attached hydrogens (primary N) is 2. The lowest BCUT2D eigenvalue weighted by Crippen LogP contribution is -1.99. The number of nitrogens with zero attached hydrogens (tertiary/aromatic N) is 4. The van der Waals surface area contributed by atoms with Gasteiger partial charge in [0.2, 0.25) is 5.28 Å². The summed E-state index contributed by atoms with van der Waals surface area (Å²) in [4.78, 5) is 16.1. The van der Waals surface area contributed by atoms with Crippen LogP contribution in [0, 0.1) is 6.92 Å². The second kappa shape index (κ2) is 4.72. The molecule has 0 spiro atoms. The number of aromatic nitrogens is 4. The zero-order valence-corrected chi connectivity index (χ0v) is 10.5. The van der Waals surface area contributed by atoms with E-state index in [2.05, 4.69) is 19.9 Å². The molecule has 6 nitrogen and oxygen atoms in total. The summed E-state index contributed by atoms with van der Waals surface area (Å²) in [5.74, 6) is 0.633. The SMILES string of the molecule is Cc1cc(Sc2nc(N)cc(N)n2)nc(Cl)n1. The molecule has 2 heterocycles. The maximum absolute atomic E-state index is 5.75.